The zero-order chi connectivity index (χ0) is 27.1. The number of aryl methyl sites for hydroxylation is 3. The number of esters is 1. The zero-order valence-corrected chi connectivity index (χ0v) is 22.5. The Balaban J connectivity index is 1.30. The first-order valence-corrected chi connectivity index (χ1v) is 13.5. The number of rotatable bonds is 6. The van der Waals surface area contributed by atoms with Crippen molar-refractivity contribution in [2.75, 3.05) is 16.3 Å². The van der Waals surface area contributed by atoms with Crippen LogP contribution in [0.2, 0.25) is 0 Å². The van der Waals surface area contributed by atoms with Crippen molar-refractivity contribution in [1.82, 2.24) is 0 Å². The molecular weight excluding hydrogens is 480 g/mol. The highest BCUT2D eigenvalue weighted by molar-refractivity contribution is 6.22. The van der Waals surface area contributed by atoms with E-state index in [-0.39, 0.29) is 42.5 Å². The Morgan fingerprint density at radius 1 is 0.947 bits per heavy atom. The lowest BCUT2D eigenvalue weighted by molar-refractivity contribution is -0.139. The summed E-state index contributed by atoms with van der Waals surface area (Å²) in [5.41, 5.74) is 5.45. The Kier molecular flexibility index (Phi) is 6.95. The van der Waals surface area contributed by atoms with E-state index in [1.165, 1.54) is 4.90 Å². The van der Waals surface area contributed by atoms with Crippen LogP contribution in [0.5, 0.6) is 5.75 Å². The number of carbonyl (C=O) groups is 4. The van der Waals surface area contributed by atoms with Crippen LogP contribution in [0.4, 0.5) is 11.4 Å². The van der Waals surface area contributed by atoms with E-state index in [0.29, 0.717) is 29.8 Å². The molecule has 0 aromatic heterocycles. The van der Waals surface area contributed by atoms with Gasteiger partial charge in [-0.2, -0.15) is 0 Å². The molecule has 3 aliphatic rings. The van der Waals surface area contributed by atoms with Gasteiger partial charge in [0.05, 0.1) is 23.4 Å². The van der Waals surface area contributed by atoms with E-state index in [0.717, 1.165) is 35.2 Å². The van der Waals surface area contributed by atoms with Crippen LogP contribution in [0.15, 0.2) is 48.0 Å². The highest BCUT2D eigenvalue weighted by Gasteiger charge is 2.49. The van der Waals surface area contributed by atoms with Crippen molar-refractivity contribution in [1.29, 1.82) is 0 Å². The molecule has 7 heteroatoms. The molecule has 1 aliphatic carbocycles. The number of benzene rings is 2. The molecule has 2 heterocycles. The minimum atomic E-state index is -0.572. The van der Waals surface area contributed by atoms with E-state index in [9.17, 15) is 19.2 Å². The maximum absolute atomic E-state index is 13.1. The molecule has 0 N–H and O–H groups in total. The van der Waals surface area contributed by atoms with Gasteiger partial charge in [0.2, 0.25) is 17.7 Å². The zero-order valence-electron chi connectivity index (χ0n) is 22.5. The maximum atomic E-state index is 13.1. The molecule has 2 saturated heterocycles. The molecule has 3 amide bonds. The fourth-order valence-electron chi connectivity index (χ4n) is 6.06. The van der Waals surface area contributed by atoms with E-state index in [1.54, 1.807) is 30.0 Å². The summed E-state index contributed by atoms with van der Waals surface area (Å²) in [5.74, 6) is -1.72. The number of fused-ring (bicyclic) bond motifs is 1. The van der Waals surface area contributed by atoms with Crippen LogP contribution >= 0.6 is 0 Å². The van der Waals surface area contributed by atoms with Crippen molar-refractivity contribution in [2.45, 2.75) is 59.8 Å². The van der Waals surface area contributed by atoms with Gasteiger partial charge in [0, 0.05) is 18.7 Å². The lowest BCUT2D eigenvalue weighted by atomic mass is 9.82. The number of amides is 3. The topological polar surface area (TPSA) is 84.0 Å². The highest BCUT2D eigenvalue weighted by Crippen LogP contribution is 2.41. The average molecular weight is 515 g/mol. The summed E-state index contributed by atoms with van der Waals surface area (Å²) in [6, 6.07) is 11.0. The largest absolute Gasteiger partial charge is 0.426 e. The van der Waals surface area contributed by atoms with Crippen LogP contribution < -0.4 is 14.5 Å². The van der Waals surface area contributed by atoms with Gasteiger partial charge in [0.1, 0.15) is 5.75 Å². The number of ether oxygens (including phenoxy) is 1. The number of anilines is 2. The molecule has 2 aromatic rings. The quantitative estimate of drug-likeness (QED) is 0.236. The smallest absolute Gasteiger partial charge is 0.316 e. The third-order valence-electron chi connectivity index (χ3n) is 8.14. The van der Waals surface area contributed by atoms with Crippen LogP contribution in [0, 0.1) is 24.7 Å². The van der Waals surface area contributed by atoms with E-state index >= 15 is 0 Å². The summed E-state index contributed by atoms with van der Waals surface area (Å²) in [6.07, 6.45) is 4.95. The molecule has 38 heavy (non-hydrogen) atoms. The second-order valence-corrected chi connectivity index (χ2v) is 10.6. The fraction of sp³-hybridized carbons (Fsp3) is 0.419. The number of allylic oxidation sites excluding steroid dienone is 2. The maximum Gasteiger partial charge on any atom is 0.316 e. The first-order valence-electron chi connectivity index (χ1n) is 13.5. The van der Waals surface area contributed by atoms with Gasteiger partial charge in [0.25, 0.3) is 0 Å². The Bertz CT molecular complexity index is 1340. The number of imide groups is 1. The summed E-state index contributed by atoms with van der Waals surface area (Å²) in [6.45, 7) is 8.20. The standard InChI is InChI=1S/C31H34N2O5/c1-5-20-8-7-9-21(6-2)28(20)32-17-22(16-27(32)34)31(37)38-23-11-13-26(19(4)15-23)33-29(35)24-12-10-18(3)14-25(24)30(33)36/h7-11,13,15,22,24-25H,5-6,12,14,16-17H2,1-4H3/t22-,24-,25-/m1/s1. The first kappa shape index (κ1) is 25.9. The van der Waals surface area contributed by atoms with Crippen LogP contribution in [0.25, 0.3) is 0 Å². The van der Waals surface area contributed by atoms with Crippen molar-refractivity contribution in [3.05, 3.63) is 64.7 Å². The molecule has 5 rings (SSSR count). The number of para-hydroxylation sites is 1. The third-order valence-corrected chi connectivity index (χ3v) is 8.14. The lowest BCUT2D eigenvalue weighted by Crippen LogP contribution is -2.31. The predicted octanol–water partition coefficient (Wildman–Crippen LogP) is 4.92. The van der Waals surface area contributed by atoms with Crippen molar-refractivity contribution in [2.24, 2.45) is 17.8 Å². The Morgan fingerprint density at radius 3 is 2.29 bits per heavy atom. The summed E-state index contributed by atoms with van der Waals surface area (Å²) < 4.78 is 5.69. The fourth-order valence-corrected chi connectivity index (χ4v) is 6.06. The predicted molar refractivity (Wildman–Crippen MR) is 145 cm³/mol. The van der Waals surface area contributed by atoms with Gasteiger partial charge < -0.3 is 9.64 Å². The van der Waals surface area contributed by atoms with Gasteiger partial charge in [-0.05, 0) is 74.4 Å². The van der Waals surface area contributed by atoms with Crippen LogP contribution in [0.1, 0.15) is 56.7 Å². The molecule has 2 aliphatic heterocycles. The van der Waals surface area contributed by atoms with Crippen molar-refractivity contribution < 1.29 is 23.9 Å². The van der Waals surface area contributed by atoms with Gasteiger partial charge in [0.15, 0.2) is 0 Å². The second kappa shape index (κ2) is 10.2. The van der Waals surface area contributed by atoms with Crippen LogP contribution in [-0.4, -0.2) is 30.2 Å². The molecular formula is C31H34N2O5. The molecule has 3 atom stereocenters. The highest BCUT2D eigenvalue weighted by atomic mass is 16.5. The van der Waals surface area contributed by atoms with Crippen molar-refractivity contribution in [3.63, 3.8) is 0 Å². The third kappa shape index (κ3) is 4.44. The molecule has 2 aromatic carbocycles. The van der Waals surface area contributed by atoms with E-state index < -0.39 is 11.9 Å². The SMILES string of the molecule is CCc1cccc(CC)c1N1C[C@H](C(=O)Oc2ccc(N3C(=O)[C@@H]4CC=C(C)C[C@H]4C3=O)c(C)c2)CC1=O. The molecule has 7 nitrogen and oxygen atoms in total. The van der Waals surface area contributed by atoms with E-state index in [1.807, 2.05) is 31.2 Å². The number of hydrogen-bond donors (Lipinski definition) is 0. The molecule has 0 spiro atoms. The number of hydrogen-bond acceptors (Lipinski definition) is 5. The Morgan fingerprint density at radius 2 is 1.63 bits per heavy atom. The molecule has 198 valence electrons. The Hall–Kier alpha value is -3.74. The lowest BCUT2D eigenvalue weighted by Gasteiger charge is -2.23. The summed E-state index contributed by atoms with van der Waals surface area (Å²) in [7, 11) is 0. The number of carbonyl (C=O) groups excluding carboxylic acids is 4. The average Bonchev–Trinajstić information content (AvgIpc) is 3.40. The van der Waals surface area contributed by atoms with Gasteiger partial charge in [-0.15, -0.1) is 0 Å². The normalized spacial score (nSPS) is 23.1. The van der Waals surface area contributed by atoms with Crippen LogP contribution in [-0.2, 0) is 32.0 Å². The molecule has 0 saturated carbocycles. The molecule has 0 bridgehead atoms. The molecule has 2 fully saturated rings. The summed E-state index contributed by atoms with van der Waals surface area (Å²) >= 11 is 0. The van der Waals surface area contributed by atoms with Crippen molar-refractivity contribution >= 4 is 35.1 Å². The molecule has 0 unspecified atom stereocenters. The van der Waals surface area contributed by atoms with Crippen molar-refractivity contribution in [3.8, 4) is 5.75 Å². The Labute approximate surface area is 223 Å². The summed E-state index contributed by atoms with van der Waals surface area (Å²) in [4.78, 5) is 55.3. The minimum absolute atomic E-state index is 0.0775. The summed E-state index contributed by atoms with van der Waals surface area (Å²) in [5, 5.41) is 0. The van der Waals surface area contributed by atoms with Gasteiger partial charge >= 0.3 is 5.97 Å². The van der Waals surface area contributed by atoms with Gasteiger partial charge in [-0.25, -0.2) is 4.90 Å². The van der Waals surface area contributed by atoms with Gasteiger partial charge in [-0.3, -0.25) is 19.2 Å². The monoisotopic (exact) mass is 514 g/mol. The van der Waals surface area contributed by atoms with E-state index in [2.05, 4.69) is 13.8 Å². The molecule has 0 radical (unpaired) electrons. The minimum Gasteiger partial charge on any atom is -0.426 e. The van der Waals surface area contributed by atoms with E-state index in [4.69, 9.17) is 4.74 Å². The first-order chi connectivity index (χ1) is 18.2. The number of nitrogens with zero attached hydrogens (tertiary/aromatic N) is 2. The second-order valence-electron chi connectivity index (χ2n) is 10.6. The van der Waals surface area contributed by atoms with Crippen LogP contribution in [0.3, 0.4) is 0 Å². The van der Waals surface area contributed by atoms with Gasteiger partial charge in [-0.1, -0.05) is 43.7 Å².